The van der Waals surface area contributed by atoms with Gasteiger partial charge in [0.2, 0.25) is 5.91 Å². The molecule has 1 aromatic rings. The maximum atomic E-state index is 12.5. The lowest BCUT2D eigenvalue weighted by Gasteiger charge is -2.23. The Bertz CT molecular complexity index is 543. The lowest BCUT2D eigenvalue weighted by Crippen LogP contribution is -2.34. The average Bonchev–Trinajstić information content (AvgIpc) is 2.69. The molecule has 20 heavy (non-hydrogen) atoms. The van der Waals surface area contributed by atoms with E-state index in [1.54, 1.807) is 18.2 Å². The standard InChI is InChI=1S/C15H16Cl2N2O/c16-11-5-6-12(17)13(9-11)19-14(20)15(10-18)7-3-1-2-4-8-15/h5-6,9H,1-4,7-8H2,(H,19,20). The van der Waals surface area contributed by atoms with Gasteiger partial charge in [0.1, 0.15) is 5.41 Å². The van der Waals surface area contributed by atoms with Crippen LogP contribution in [0.3, 0.4) is 0 Å². The van der Waals surface area contributed by atoms with Crippen LogP contribution in [0.2, 0.25) is 10.0 Å². The highest BCUT2D eigenvalue weighted by Gasteiger charge is 2.39. The van der Waals surface area contributed by atoms with Crippen molar-refractivity contribution >= 4 is 34.8 Å². The molecule has 0 aromatic heterocycles. The predicted molar refractivity (Wildman–Crippen MR) is 80.8 cm³/mol. The molecule has 0 aliphatic heterocycles. The van der Waals surface area contributed by atoms with Gasteiger partial charge >= 0.3 is 0 Å². The van der Waals surface area contributed by atoms with Gasteiger partial charge in [-0.2, -0.15) is 5.26 Å². The highest BCUT2D eigenvalue weighted by Crippen LogP contribution is 2.36. The van der Waals surface area contributed by atoms with Gasteiger partial charge in [0.05, 0.1) is 16.8 Å². The Kier molecular flexibility index (Phi) is 4.91. The number of hydrogen-bond donors (Lipinski definition) is 1. The summed E-state index contributed by atoms with van der Waals surface area (Å²) in [6.07, 6.45) is 5.18. The number of amides is 1. The second-order valence-corrected chi connectivity index (χ2v) is 6.03. The van der Waals surface area contributed by atoms with Gasteiger partial charge in [-0.25, -0.2) is 0 Å². The van der Waals surface area contributed by atoms with Crippen molar-refractivity contribution in [2.75, 3.05) is 5.32 Å². The molecule has 1 amide bonds. The normalized spacial score (nSPS) is 17.9. The molecule has 0 unspecified atom stereocenters. The fourth-order valence-corrected chi connectivity index (χ4v) is 2.89. The van der Waals surface area contributed by atoms with E-state index in [0.717, 1.165) is 25.7 Å². The van der Waals surface area contributed by atoms with E-state index >= 15 is 0 Å². The van der Waals surface area contributed by atoms with Crippen LogP contribution in [0.15, 0.2) is 18.2 Å². The molecule has 3 nitrogen and oxygen atoms in total. The van der Waals surface area contributed by atoms with Crippen LogP contribution in [-0.2, 0) is 4.79 Å². The lowest BCUT2D eigenvalue weighted by molar-refractivity contribution is -0.123. The molecule has 1 N–H and O–H groups in total. The molecule has 1 aromatic carbocycles. The number of nitriles is 1. The van der Waals surface area contributed by atoms with Gasteiger partial charge in [-0.1, -0.05) is 48.9 Å². The highest BCUT2D eigenvalue weighted by atomic mass is 35.5. The summed E-state index contributed by atoms with van der Waals surface area (Å²) < 4.78 is 0. The van der Waals surface area contributed by atoms with E-state index in [4.69, 9.17) is 23.2 Å². The molecule has 0 atom stereocenters. The summed E-state index contributed by atoms with van der Waals surface area (Å²) in [4.78, 5) is 12.5. The van der Waals surface area contributed by atoms with Gasteiger partial charge < -0.3 is 5.32 Å². The minimum absolute atomic E-state index is 0.272. The molecule has 1 aliphatic rings. The maximum Gasteiger partial charge on any atom is 0.244 e. The van der Waals surface area contributed by atoms with Crippen LogP contribution in [0.25, 0.3) is 0 Å². The third-order valence-corrected chi connectivity index (χ3v) is 4.35. The number of hydrogen-bond acceptors (Lipinski definition) is 2. The Morgan fingerprint density at radius 1 is 1.20 bits per heavy atom. The van der Waals surface area contributed by atoms with Crippen LogP contribution < -0.4 is 5.32 Å². The van der Waals surface area contributed by atoms with Crippen LogP contribution in [0.5, 0.6) is 0 Å². The van der Waals surface area contributed by atoms with Gasteiger partial charge in [0, 0.05) is 5.02 Å². The van der Waals surface area contributed by atoms with Crippen molar-refractivity contribution in [2.45, 2.75) is 38.5 Å². The second kappa shape index (κ2) is 6.47. The minimum Gasteiger partial charge on any atom is -0.323 e. The van der Waals surface area contributed by atoms with Crippen LogP contribution in [-0.4, -0.2) is 5.91 Å². The van der Waals surface area contributed by atoms with Crippen molar-refractivity contribution in [2.24, 2.45) is 5.41 Å². The maximum absolute atomic E-state index is 12.5. The summed E-state index contributed by atoms with van der Waals surface area (Å²) in [6, 6.07) is 7.11. The van der Waals surface area contributed by atoms with Crippen molar-refractivity contribution in [3.05, 3.63) is 28.2 Å². The van der Waals surface area contributed by atoms with Gasteiger partial charge in [-0.3, -0.25) is 4.79 Å². The van der Waals surface area contributed by atoms with Crippen molar-refractivity contribution in [1.82, 2.24) is 0 Å². The molecule has 1 saturated carbocycles. The Morgan fingerprint density at radius 3 is 2.45 bits per heavy atom. The number of halogens is 2. The van der Waals surface area contributed by atoms with E-state index in [9.17, 15) is 10.1 Å². The molecule has 0 spiro atoms. The topological polar surface area (TPSA) is 52.9 Å². The summed E-state index contributed by atoms with van der Waals surface area (Å²) >= 11 is 11.9. The van der Waals surface area contributed by atoms with E-state index < -0.39 is 5.41 Å². The van der Waals surface area contributed by atoms with Gasteiger partial charge in [0.15, 0.2) is 0 Å². The zero-order valence-electron chi connectivity index (χ0n) is 11.1. The first kappa shape index (κ1) is 15.2. The Morgan fingerprint density at radius 2 is 1.85 bits per heavy atom. The zero-order chi connectivity index (χ0) is 14.6. The molecule has 106 valence electrons. The molecule has 1 aliphatic carbocycles. The predicted octanol–water partition coefficient (Wildman–Crippen LogP) is 4.80. The van der Waals surface area contributed by atoms with Crippen LogP contribution in [0.4, 0.5) is 5.69 Å². The van der Waals surface area contributed by atoms with Crippen LogP contribution >= 0.6 is 23.2 Å². The van der Waals surface area contributed by atoms with Gasteiger partial charge in [-0.15, -0.1) is 0 Å². The quantitative estimate of drug-likeness (QED) is 0.798. The summed E-state index contributed by atoms with van der Waals surface area (Å²) in [6.45, 7) is 0. The van der Waals surface area contributed by atoms with Crippen LogP contribution in [0, 0.1) is 16.7 Å². The van der Waals surface area contributed by atoms with E-state index in [0.29, 0.717) is 28.6 Å². The number of carbonyl (C=O) groups excluding carboxylic acids is 1. The number of nitrogens with zero attached hydrogens (tertiary/aromatic N) is 1. The molecule has 2 rings (SSSR count). The van der Waals surface area contributed by atoms with Crippen molar-refractivity contribution < 1.29 is 4.79 Å². The van der Waals surface area contributed by atoms with E-state index in [-0.39, 0.29) is 5.91 Å². The van der Waals surface area contributed by atoms with E-state index in [1.807, 2.05) is 0 Å². The number of nitrogens with one attached hydrogen (secondary N) is 1. The summed E-state index contributed by atoms with van der Waals surface area (Å²) in [5, 5.41) is 13.1. The SMILES string of the molecule is N#CC1(C(=O)Nc2cc(Cl)ccc2Cl)CCCCCC1. The fourth-order valence-electron chi connectivity index (χ4n) is 2.56. The monoisotopic (exact) mass is 310 g/mol. The zero-order valence-corrected chi connectivity index (χ0v) is 12.6. The molecular formula is C15H16Cl2N2O. The number of carbonyl (C=O) groups is 1. The van der Waals surface area contributed by atoms with Gasteiger partial charge in [-0.05, 0) is 31.0 Å². The third kappa shape index (κ3) is 3.26. The van der Waals surface area contributed by atoms with Crippen LogP contribution in [0.1, 0.15) is 38.5 Å². The summed E-state index contributed by atoms with van der Waals surface area (Å²) in [7, 11) is 0. The molecule has 0 bridgehead atoms. The number of anilines is 1. The van der Waals surface area contributed by atoms with Crippen molar-refractivity contribution in [1.29, 1.82) is 5.26 Å². The summed E-state index contributed by atoms with van der Waals surface area (Å²) in [5.74, 6) is -0.272. The first-order chi connectivity index (χ1) is 9.57. The van der Waals surface area contributed by atoms with E-state index in [2.05, 4.69) is 11.4 Å². The Hall–Kier alpha value is -1.24. The molecule has 0 saturated heterocycles. The van der Waals surface area contributed by atoms with Crippen molar-refractivity contribution in [3.63, 3.8) is 0 Å². The molecular weight excluding hydrogens is 295 g/mol. The average molecular weight is 311 g/mol. The van der Waals surface area contributed by atoms with Crippen molar-refractivity contribution in [3.8, 4) is 6.07 Å². The van der Waals surface area contributed by atoms with Gasteiger partial charge in [0.25, 0.3) is 0 Å². The largest absolute Gasteiger partial charge is 0.323 e. The number of benzene rings is 1. The molecule has 1 fully saturated rings. The smallest absolute Gasteiger partial charge is 0.244 e. The second-order valence-electron chi connectivity index (χ2n) is 5.19. The Labute approximate surface area is 128 Å². The summed E-state index contributed by atoms with van der Waals surface area (Å²) in [5.41, 5.74) is -0.481. The highest BCUT2D eigenvalue weighted by molar-refractivity contribution is 6.35. The first-order valence-electron chi connectivity index (χ1n) is 6.75. The van der Waals surface area contributed by atoms with E-state index in [1.165, 1.54) is 0 Å². The first-order valence-corrected chi connectivity index (χ1v) is 7.51. The number of rotatable bonds is 2. The molecule has 0 heterocycles. The molecule has 5 heteroatoms. The molecule has 0 radical (unpaired) electrons. The minimum atomic E-state index is -0.942. The Balaban J connectivity index is 2.21. The third-order valence-electron chi connectivity index (χ3n) is 3.78. The lowest BCUT2D eigenvalue weighted by atomic mass is 9.81. The fraction of sp³-hybridized carbons (Fsp3) is 0.467.